The van der Waals surface area contributed by atoms with Gasteiger partial charge in [0, 0.05) is 19.3 Å². The molecule has 1 unspecified atom stereocenters. The number of carboxylic acid groups (broad SMARTS) is 1. The fourth-order valence-electron chi connectivity index (χ4n) is 2.32. The summed E-state index contributed by atoms with van der Waals surface area (Å²) in [5, 5.41) is 8.90. The van der Waals surface area contributed by atoms with E-state index in [2.05, 4.69) is 0 Å². The van der Waals surface area contributed by atoms with Crippen LogP contribution in [0.15, 0.2) is 18.3 Å². The summed E-state index contributed by atoms with van der Waals surface area (Å²) >= 11 is 0. The number of hydrogen-bond donors (Lipinski definition) is 1. The Morgan fingerprint density at radius 3 is 3.00 bits per heavy atom. The molecule has 1 atom stereocenters. The molecule has 1 saturated heterocycles. The summed E-state index contributed by atoms with van der Waals surface area (Å²) in [7, 11) is 0. The van der Waals surface area contributed by atoms with Crippen LogP contribution in [0.3, 0.4) is 0 Å². The van der Waals surface area contributed by atoms with Gasteiger partial charge in [0.25, 0.3) is 5.91 Å². The smallest absolute Gasteiger partial charge is 0.305 e. The van der Waals surface area contributed by atoms with E-state index >= 15 is 0 Å². The maximum absolute atomic E-state index is 12.5. The highest BCUT2D eigenvalue weighted by Gasteiger charge is 2.30. The number of morpholine rings is 1. The number of ether oxygens (including phenoxy) is 1. The van der Waals surface area contributed by atoms with Crippen molar-refractivity contribution in [1.82, 2.24) is 9.47 Å². The molecule has 1 aliphatic rings. The summed E-state index contributed by atoms with van der Waals surface area (Å²) in [4.78, 5) is 24.9. The van der Waals surface area contributed by atoms with Crippen molar-refractivity contribution in [3.8, 4) is 0 Å². The summed E-state index contributed by atoms with van der Waals surface area (Å²) in [6.45, 7) is 3.85. The molecule has 2 rings (SSSR count). The van der Waals surface area contributed by atoms with E-state index in [1.807, 2.05) is 23.8 Å². The van der Waals surface area contributed by atoms with Gasteiger partial charge in [0.15, 0.2) is 0 Å². The maximum atomic E-state index is 12.5. The molecule has 2 heterocycles. The Bertz CT molecular complexity index is 469. The quantitative estimate of drug-likeness (QED) is 0.876. The van der Waals surface area contributed by atoms with Crippen molar-refractivity contribution in [3.05, 3.63) is 24.0 Å². The molecular formula is C13H18N2O4. The minimum absolute atomic E-state index is 0.0847. The lowest BCUT2D eigenvalue weighted by Gasteiger charge is -2.35. The van der Waals surface area contributed by atoms with Crippen LogP contribution in [0.25, 0.3) is 0 Å². The first-order valence-electron chi connectivity index (χ1n) is 6.39. The topological polar surface area (TPSA) is 71.8 Å². The van der Waals surface area contributed by atoms with Crippen molar-refractivity contribution in [3.63, 3.8) is 0 Å². The number of aliphatic carboxylic acids is 1. The van der Waals surface area contributed by atoms with Gasteiger partial charge >= 0.3 is 5.97 Å². The van der Waals surface area contributed by atoms with Crippen LogP contribution in [0.5, 0.6) is 0 Å². The van der Waals surface area contributed by atoms with Crippen LogP contribution in [0, 0.1) is 0 Å². The van der Waals surface area contributed by atoms with E-state index in [4.69, 9.17) is 9.84 Å². The number of carboxylic acids is 1. The average Bonchev–Trinajstić information content (AvgIpc) is 2.86. The molecular weight excluding hydrogens is 248 g/mol. The second kappa shape index (κ2) is 5.88. The zero-order chi connectivity index (χ0) is 13.8. The number of carbonyl (C=O) groups is 2. The monoisotopic (exact) mass is 266 g/mol. The lowest BCUT2D eigenvalue weighted by molar-refractivity contribution is -0.139. The lowest BCUT2D eigenvalue weighted by Crippen LogP contribution is -2.50. The van der Waals surface area contributed by atoms with Crippen molar-refractivity contribution in [2.45, 2.75) is 25.9 Å². The first-order chi connectivity index (χ1) is 9.13. The molecule has 0 aliphatic carbocycles. The van der Waals surface area contributed by atoms with Crippen molar-refractivity contribution >= 4 is 11.9 Å². The van der Waals surface area contributed by atoms with Crippen LogP contribution in [0.2, 0.25) is 0 Å². The van der Waals surface area contributed by atoms with Crippen LogP contribution in [-0.4, -0.2) is 52.3 Å². The first-order valence-corrected chi connectivity index (χ1v) is 6.39. The Balaban J connectivity index is 2.17. The maximum Gasteiger partial charge on any atom is 0.305 e. The highest BCUT2D eigenvalue weighted by Crippen LogP contribution is 2.15. The van der Waals surface area contributed by atoms with E-state index in [0.29, 0.717) is 25.4 Å². The molecule has 6 heteroatoms. The van der Waals surface area contributed by atoms with E-state index in [1.54, 1.807) is 11.0 Å². The third-order valence-corrected chi connectivity index (χ3v) is 3.29. The number of rotatable bonds is 4. The Kier molecular flexibility index (Phi) is 4.21. The molecule has 0 saturated carbocycles. The molecule has 1 amide bonds. The second-order valence-electron chi connectivity index (χ2n) is 4.50. The minimum Gasteiger partial charge on any atom is -0.481 e. The minimum atomic E-state index is -0.917. The third-order valence-electron chi connectivity index (χ3n) is 3.29. The van der Waals surface area contributed by atoms with Crippen molar-refractivity contribution in [1.29, 1.82) is 0 Å². The summed E-state index contributed by atoms with van der Waals surface area (Å²) < 4.78 is 7.13. The van der Waals surface area contributed by atoms with Crippen LogP contribution >= 0.6 is 0 Å². The highest BCUT2D eigenvalue weighted by atomic mass is 16.5. The van der Waals surface area contributed by atoms with Crippen LogP contribution in [0.4, 0.5) is 0 Å². The molecule has 1 fully saturated rings. The van der Waals surface area contributed by atoms with Gasteiger partial charge in [0.05, 0.1) is 25.7 Å². The summed E-state index contributed by atoms with van der Waals surface area (Å²) in [5.41, 5.74) is 0.597. The van der Waals surface area contributed by atoms with Crippen LogP contribution in [-0.2, 0) is 16.1 Å². The van der Waals surface area contributed by atoms with Crippen LogP contribution in [0.1, 0.15) is 23.8 Å². The van der Waals surface area contributed by atoms with Gasteiger partial charge in [0.2, 0.25) is 0 Å². The molecule has 1 aliphatic heterocycles. The molecule has 0 aromatic carbocycles. The molecule has 104 valence electrons. The van der Waals surface area contributed by atoms with Gasteiger partial charge in [-0.25, -0.2) is 0 Å². The van der Waals surface area contributed by atoms with E-state index < -0.39 is 5.97 Å². The SMILES string of the molecule is CCn1cccc1C(=O)N1CCOCC1CC(=O)O. The molecule has 0 spiro atoms. The van der Waals surface area contributed by atoms with Gasteiger partial charge in [0.1, 0.15) is 5.69 Å². The summed E-state index contributed by atoms with van der Waals surface area (Å²) in [6, 6.07) is 3.20. The Morgan fingerprint density at radius 1 is 1.53 bits per heavy atom. The van der Waals surface area contributed by atoms with Crippen molar-refractivity contribution < 1.29 is 19.4 Å². The summed E-state index contributed by atoms with van der Waals surface area (Å²) in [6.07, 6.45) is 1.76. The van der Waals surface area contributed by atoms with E-state index in [0.717, 1.165) is 0 Å². The fraction of sp³-hybridized carbons (Fsp3) is 0.538. The van der Waals surface area contributed by atoms with Gasteiger partial charge in [-0.05, 0) is 19.1 Å². The zero-order valence-corrected chi connectivity index (χ0v) is 10.9. The average molecular weight is 266 g/mol. The molecule has 0 bridgehead atoms. The predicted octanol–water partition coefficient (Wildman–Crippen LogP) is 0.824. The Morgan fingerprint density at radius 2 is 2.32 bits per heavy atom. The second-order valence-corrected chi connectivity index (χ2v) is 4.50. The van der Waals surface area contributed by atoms with Crippen molar-refractivity contribution in [2.24, 2.45) is 0 Å². The zero-order valence-electron chi connectivity index (χ0n) is 10.9. The van der Waals surface area contributed by atoms with E-state index in [1.165, 1.54) is 0 Å². The fourth-order valence-corrected chi connectivity index (χ4v) is 2.32. The number of hydrogen-bond acceptors (Lipinski definition) is 3. The number of nitrogens with zero attached hydrogens (tertiary/aromatic N) is 2. The van der Waals surface area contributed by atoms with Gasteiger partial charge in [-0.1, -0.05) is 0 Å². The number of aryl methyl sites for hydroxylation is 1. The number of carbonyl (C=O) groups excluding carboxylic acids is 1. The van der Waals surface area contributed by atoms with Gasteiger partial charge in [-0.3, -0.25) is 9.59 Å². The molecule has 6 nitrogen and oxygen atoms in total. The number of aromatic nitrogens is 1. The summed E-state index contributed by atoms with van der Waals surface area (Å²) in [5.74, 6) is -1.04. The third kappa shape index (κ3) is 2.96. The molecule has 1 aromatic rings. The van der Waals surface area contributed by atoms with Crippen LogP contribution < -0.4 is 0 Å². The standard InChI is InChI=1S/C13H18N2O4/c1-2-14-5-3-4-11(14)13(18)15-6-7-19-9-10(15)8-12(16)17/h3-5,10H,2,6-9H2,1H3,(H,16,17). The van der Waals surface area contributed by atoms with E-state index in [9.17, 15) is 9.59 Å². The van der Waals surface area contributed by atoms with Crippen molar-refractivity contribution in [2.75, 3.05) is 19.8 Å². The molecule has 1 aromatic heterocycles. The molecule has 19 heavy (non-hydrogen) atoms. The lowest BCUT2D eigenvalue weighted by atomic mass is 10.1. The normalized spacial score (nSPS) is 19.4. The van der Waals surface area contributed by atoms with Gasteiger partial charge in [-0.15, -0.1) is 0 Å². The first kappa shape index (κ1) is 13.6. The number of amides is 1. The highest BCUT2D eigenvalue weighted by molar-refractivity contribution is 5.93. The van der Waals surface area contributed by atoms with Gasteiger partial charge < -0.3 is 19.3 Å². The van der Waals surface area contributed by atoms with Gasteiger partial charge in [-0.2, -0.15) is 0 Å². The van der Waals surface area contributed by atoms with E-state index in [-0.39, 0.29) is 25.0 Å². The predicted molar refractivity (Wildman–Crippen MR) is 68.0 cm³/mol. The molecule has 1 N–H and O–H groups in total. The Hall–Kier alpha value is -1.82. The molecule has 0 radical (unpaired) electrons. The largest absolute Gasteiger partial charge is 0.481 e. The Labute approximate surface area is 111 Å².